The number of hydrogen-bond acceptors (Lipinski definition) is 4. The number of hydrazine groups is 1. The van der Waals surface area contributed by atoms with E-state index in [4.69, 9.17) is 16.3 Å². The molecular weight excluding hydrogens is 310 g/mol. The van der Waals surface area contributed by atoms with Crippen LogP contribution < -0.4 is 11.6 Å². The number of benzene rings is 1. The van der Waals surface area contributed by atoms with Gasteiger partial charge in [-0.05, 0) is 30.7 Å². The predicted molar refractivity (Wildman–Crippen MR) is 109 cm³/mol. The van der Waals surface area contributed by atoms with E-state index >= 15 is 0 Å². The van der Waals surface area contributed by atoms with E-state index in [1.807, 2.05) is 38.2 Å². The van der Waals surface area contributed by atoms with Crippen molar-refractivity contribution in [3.05, 3.63) is 47.8 Å². The summed E-state index contributed by atoms with van der Waals surface area (Å²) in [5, 5.41) is 1.62. The molecule has 0 spiro atoms. The molecule has 0 aliphatic rings. The molecule has 0 aliphatic carbocycles. The van der Waals surface area contributed by atoms with Crippen LogP contribution in [0.2, 0.25) is 0 Å². The molecule has 144 valence electrons. The Morgan fingerprint density at radius 1 is 1.16 bits per heavy atom. The molecule has 0 saturated carbocycles. The highest BCUT2D eigenvalue weighted by molar-refractivity contribution is 5.28. The molecule has 0 bridgehead atoms. The Hall–Kier alpha value is -1.52. The number of ether oxygens (including phenoxy) is 1. The molecule has 1 aromatic carbocycles. The van der Waals surface area contributed by atoms with Gasteiger partial charge in [0.05, 0.1) is 6.61 Å². The smallest absolute Gasteiger partial charge is 0.0514 e. The van der Waals surface area contributed by atoms with Crippen molar-refractivity contribution in [2.45, 2.75) is 54.4 Å². The van der Waals surface area contributed by atoms with Crippen LogP contribution in [0.3, 0.4) is 0 Å². The van der Waals surface area contributed by atoms with Gasteiger partial charge in [-0.3, -0.25) is 0 Å². The quantitative estimate of drug-likeness (QED) is 0.562. The third-order valence-electron chi connectivity index (χ3n) is 3.60. The van der Waals surface area contributed by atoms with Crippen LogP contribution in [0.5, 0.6) is 0 Å². The molecule has 4 heteroatoms. The fourth-order valence-electron chi connectivity index (χ4n) is 2.39. The molecule has 0 radical (unpaired) electrons. The van der Waals surface area contributed by atoms with E-state index in [9.17, 15) is 0 Å². The topological polar surface area (TPSA) is 64.5 Å². The first-order valence-corrected chi connectivity index (χ1v) is 9.23. The molecule has 1 unspecified atom stereocenters. The third kappa shape index (κ3) is 10.8. The van der Waals surface area contributed by atoms with Gasteiger partial charge in [-0.15, -0.1) is 0 Å². The van der Waals surface area contributed by atoms with Crippen LogP contribution in [-0.2, 0) is 4.74 Å². The SMILES string of the molecule is CCN(N)/C=C(\N)C(c1ccccc1)C(C)C.CCOCC(C)(C)C. The van der Waals surface area contributed by atoms with Crippen LogP contribution in [0.25, 0.3) is 0 Å². The third-order valence-corrected chi connectivity index (χ3v) is 3.60. The Bertz CT molecular complexity index is 478. The molecule has 0 fully saturated rings. The van der Waals surface area contributed by atoms with Crippen molar-refractivity contribution < 1.29 is 4.74 Å². The van der Waals surface area contributed by atoms with Crippen molar-refractivity contribution in [3.63, 3.8) is 0 Å². The number of allylic oxidation sites excluding steroid dienone is 1. The molecule has 0 amide bonds. The number of nitrogens with zero attached hydrogens (tertiary/aromatic N) is 1. The molecule has 0 saturated heterocycles. The van der Waals surface area contributed by atoms with E-state index in [0.717, 1.165) is 25.5 Å². The zero-order chi connectivity index (χ0) is 19.5. The highest BCUT2D eigenvalue weighted by Gasteiger charge is 2.18. The molecule has 25 heavy (non-hydrogen) atoms. The highest BCUT2D eigenvalue weighted by Crippen LogP contribution is 2.29. The number of nitrogens with two attached hydrogens (primary N) is 2. The molecular formula is C21H39N3O. The Balaban J connectivity index is 0.000000609. The van der Waals surface area contributed by atoms with E-state index < -0.39 is 0 Å². The van der Waals surface area contributed by atoms with Crippen molar-refractivity contribution in [3.8, 4) is 0 Å². The average molecular weight is 350 g/mol. The van der Waals surface area contributed by atoms with Gasteiger partial charge in [-0.2, -0.15) is 0 Å². The van der Waals surface area contributed by atoms with Gasteiger partial charge in [0, 0.05) is 31.0 Å². The second-order valence-electron chi connectivity index (χ2n) is 7.79. The second kappa shape index (κ2) is 11.9. The zero-order valence-corrected chi connectivity index (χ0v) is 17.3. The van der Waals surface area contributed by atoms with Gasteiger partial charge in [0.15, 0.2) is 0 Å². The van der Waals surface area contributed by atoms with Gasteiger partial charge in [0.1, 0.15) is 0 Å². The average Bonchev–Trinajstić information content (AvgIpc) is 2.53. The zero-order valence-electron chi connectivity index (χ0n) is 17.3. The second-order valence-corrected chi connectivity index (χ2v) is 7.79. The van der Waals surface area contributed by atoms with Crippen LogP contribution in [-0.4, -0.2) is 24.8 Å². The van der Waals surface area contributed by atoms with Gasteiger partial charge >= 0.3 is 0 Å². The maximum atomic E-state index is 6.17. The Kier molecular flexibility index (Phi) is 11.2. The lowest BCUT2D eigenvalue weighted by Gasteiger charge is -2.23. The van der Waals surface area contributed by atoms with E-state index in [0.29, 0.717) is 11.3 Å². The Labute approximate surface area is 155 Å². The highest BCUT2D eigenvalue weighted by atomic mass is 16.5. The summed E-state index contributed by atoms with van der Waals surface area (Å²) in [6.07, 6.45) is 1.83. The maximum Gasteiger partial charge on any atom is 0.0514 e. The lowest BCUT2D eigenvalue weighted by Crippen LogP contribution is -2.28. The van der Waals surface area contributed by atoms with E-state index in [-0.39, 0.29) is 5.92 Å². The Morgan fingerprint density at radius 3 is 2.08 bits per heavy atom. The minimum atomic E-state index is 0.216. The molecule has 1 aromatic rings. The monoisotopic (exact) mass is 349 g/mol. The van der Waals surface area contributed by atoms with Crippen LogP contribution in [0.1, 0.15) is 59.9 Å². The van der Waals surface area contributed by atoms with Gasteiger partial charge in [0.25, 0.3) is 0 Å². The van der Waals surface area contributed by atoms with Crippen molar-refractivity contribution >= 4 is 0 Å². The predicted octanol–water partition coefficient (Wildman–Crippen LogP) is 4.49. The summed E-state index contributed by atoms with van der Waals surface area (Å²) in [5.74, 6) is 6.43. The molecule has 0 heterocycles. The fraction of sp³-hybridized carbons (Fsp3) is 0.619. The molecule has 0 aromatic heterocycles. The van der Waals surface area contributed by atoms with Crippen molar-refractivity contribution in [1.82, 2.24) is 5.01 Å². The maximum absolute atomic E-state index is 6.17. The van der Waals surface area contributed by atoms with Gasteiger partial charge in [-0.25, -0.2) is 5.84 Å². The lowest BCUT2D eigenvalue weighted by atomic mass is 9.86. The number of rotatable bonds is 7. The van der Waals surface area contributed by atoms with E-state index in [2.05, 4.69) is 46.8 Å². The van der Waals surface area contributed by atoms with Crippen molar-refractivity contribution in [2.75, 3.05) is 19.8 Å². The van der Waals surface area contributed by atoms with Crippen LogP contribution >= 0.6 is 0 Å². The first kappa shape index (κ1) is 23.5. The standard InChI is InChI=1S/C14H23N3.C7H16O/c1-4-17(16)10-13(15)14(11(2)3)12-8-6-5-7-9-12;1-5-8-6-7(2,3)4/h5-11,14H,4,15-16H2,1-3H3;5-6H2,1-4H3/b13-10-;. The first-order valence-electron chi connectivity index (χ1n) is 9.23. The fourth-order valence-corrected chi connectivity index (χ4v) is 2.39. The first-order chi connectivity index (χ1) is 11.6. The molecule has 4 nitrogen and oxygen atoms in total. The molecule has 0 aliphatic heterocycles. The molecule has 1 rings (SSSR count). The van der Waals surface area contributed by atoms with Gasteiger partial charge < -0.3 is 15.5 Å². The normalized spacial score (nSPS) is 13.2. The summed E-state index contributed by atoms with van der Waals surface area (Å²) in [7, 11) is 0. The summed E-state index contributed by atoms with van der Waals surface area (Å²) in [6, 6.07) is 10.3. The summed E-state index contributed by atoms with van der Waals surface area (Å²) >= 11 is 0. The Morgan fingerprint density at radius 2 is 1.72 bits per heavy atom. The minimum Gasteiger partial charge on any atom is -0.400 e. The van der Waals surface area contributed by atoms with Crippen molar-refractivity contribution in [2.24, 2.45) is 22.9 Å². The van der Waals surface area contributed by atoms with E-state index in [1.54, 1.807) is 5.01 Å². The summed E-state index contributed by atoms with van der Waals surface area (Å²) in [5.41, 5.74) is 8.55. The molecule has 4 N–H and O–H groups in total. The lowest BCUT2D eigenvalue weighted by molar-refractivity contribution is 0.0805. The molecule has 1 atom stereocenters. The number of hydrogen-bond donors (Lipinski definition) is 2. The minimum absolute atomic E-state index is 0.216. The van der Waals surface area contributed by atoms with Crippen LogP contribution in [0.4, 0.5) is 0 Å². The van der Waals surface area contributed by atoms with Gasteiger partial charge in [0.2, 0.25) is 0 Å². The summed E-state index contributed by atoms with van der Waals surface area (Å²) in [6.45, 7) is 17.3. The van der Waals surface area contributed by atoms with Crippen molar-refractivity contribution in [1.29, 1.82) is 0 Å². The van der Waals surface area contributed by atoms with Crippen LogP contribution in [0, 0.1) is 11.3 Å². The largest absolute Gasteiger partial charge is 0.400 e. The summed E-state index contributed by atoms with van der Waals surface area (Å²) < 4.78 is 5.20. The van der Waals surface area contributed by atoms with Gasteiger partial charge in [-0.1, -0.05) is 65.0 Å². The van der Waals surface area contributed by atoms with Crippen LogP contribution in [0.15, 0.2) is 42.2 Å². The van der Waals surface area contributed by atoms with E-state index in [1.165, 1.54) is 5.56 Å². The summed E-state index contributed by atoms with van der Waals surface area (Å²) in [4.78, 5) is 0.